The van der Waals surface area contributed by atoms with E-state index in [1.54, 1.807) is 0 Å². The molecule has 2 atom stereocenters. The molecule has 0 saturated carbocycles. The Morgan fingerprint density at radius 3 is 2.61 bits per heavy atom. The SMILES string of the molecule is CCc1cccc2c1OCC(N(CC)CC)C2O. The number of aliphatic hydroxyl groups is 1. The lowest BCUT2D eigenvalue weighted by Gasteiger charge is -2.38. The molecule has 1 aromatic carbocycles. The summed E-state index contributed by atoms with van der Waals surface area (Å²) in [6.07, 6.45) is 0.492. The highest BCUT2D eigenvalue weighted by atomic mass is 16.5. The zero-order valence-corrected chi connectivity index (χ0v) is 11.5. The topological polar surface area (TPSA) is 32.7 Å². The number of para-hydroxylation sites is 1. The zero-order chi connectivity index (χ0) is 13.1. The Morgan fingerprint density at radius 1 is 1.28 bits per heavy atom. The summed E-state index contributed by atoms with van der Waals surface area (Å²) in [7, 11) is 0. The molecule has 0 aromatic heterocycles. The molecule has 1 heterocycles. The summed E-state index contributed by atoms with van der Waals surface area (Å²) >= 11 is 0. The number of rotatable bonds is 4. The highest BCUT2D eigenvalue weighted by Gasteiger charge is 2.33. The number of nitrogens with zero attached hydrogens (tertiary/aromatic N) is 1. The minimum Gasteiger partial charge on any atom is -0.491 e. The summed E-state index contributed by atoms with van der Waals surface area (Å²) in [4.78, 5) is 2.26. The van der Waals surface area contributed by atoms with E-state index in [9.17, 15) is 5.11 Å². The molecule has 0 bridgehead atoms. The highest BCUT2D eigenvalue weighted by molar-refractivity contribution is 5.44. The van der Waals surface area contributed by atoms with Crippen molar-refractivity contribution in [3.05, 3.63) is 29.3 Å². The van der Waals surface area contributed by atoms with Gasteiger partial charge in [-0.15, -0.1) is 0 Å². The molecule has 0 spiro atoms. The van der Waals surface area contributed by atoms with Crippen LogP contribution >= 0.6 is 0 Å². The summed E-state index contributed by atoms with van der Waals surface area (Å²) < 4.78 is 5.91. The van der Waals surface area contributed by atoms with E-state index in [1.807, 2.05) is 12.1 Å². The molecule has 2 rings (SSSR count). The molecule has 1 aliphatic heterocycles. The first-order chi connectivity index (χ1) is 8.72. The number of benzene rings is 1. The van der Waals surface area contributed by atoms with E-state index < -0.39 is 6.10 Å². The van der Waals surface area contributed by atoms with Gasteiger partial charge in [-0.25, -0.2) is 0 Å². The van der Waals surface area contributed by atoms with Crippen molar-refractivity contribution in [2.75, 3.05) is 19.7 Å². The van der Waals surface area contributed by atoms with Gasteiger partial charge in [0.25, 0.3) is 0 Å². The lowest BCUT2D eigenvalue weighted by atomic mass is 9.95. The number of hydrogen-bond acceptors (Lipinski definition) is 3. The second kappa shape index (κ2) is 5.72. The minimum atomic E-state index is -0.444. The quantitative estimate of drug-likeness (QED) is 0.889. The number of aryl methyl sites for hydroxylation is 1. The smallest absolute Gasteiger partial charge is 0.128 e. The largest absolute Gasteiger partial charge is 0.491 e. The van der Waals surface area contributed by atoms with Gasteiger partial charge in [0.2, 0.25) is 0 Å². The second-order valence-electron chi connectivity index (χ2n) is 4.73. The Kier molecular flexibility index (Phi) is 4.25. The average Bonchev–Trinajstić information content (AvgIpc) is 2.42. The number of aliphatic hydroxyl groups excluding tert-OH is 1. The standard InChI is InChI=1S/C15H23NO2/c1-4-11-8-7-9-12-14(17)13(10-18-15(11)12)16(5-2)6-3/h7-9,13-14,17H,4-6,10H2,1-3H3. The third kappa shape index (κ3) is 2.25. The van der Waals surface area contributed by atoms with Gasteiger partial charge in [-0.05, 0) is 25.1 Å². The maximum atomic E-state index is 10.6. The van der Waals surface area contributed by atoms with Crippen LogP contribution in [0.25, 0.3) is 0 Å². The fourth-order valence-corrected chi connectivity index (χ4v) is 2.76. The third-order valence-corrected chi connectivity index (χ3v) is 3.87. The Hall–Kier alpha value is -1.06. The van der Waals surface area contributed by atoms with E-state index in [0.717, 1.165) is 30.8 Å². The summed E-state index contributed by atoms with van der Waals surface area (Å²) in [6, 6.07) is 6.13. The van der Waals surface area contributed by atoms with Crippen LogP contribution in [0.15, 0.2) is 18.2 Å². The van der Waals surface area contributed by atoms with Crippen molar-refractivity contribution in [2.45, 2.75) is 39.3 Å². The van der Waals surface area contributed by atoms with Crippen LogP contribution in [0.5, 0.6) is 5.75 Å². The van der Waals surface area contributed by atoms with Crippen LogP contribution < -0.4 is 4.74 Å². The van der Waals surface area contributed by atoms with Crippen molar-refractivity contribution in [3.63, 3.8) is 0 Å². The van der Waals surface area contributed by atoms with E-state index in [-0.39, 0.29) is 6.04 Å². The molecule has 0 fully saturated rings. The van der Waals surface area contributed by atoms with E-state index in [4.69, 9.17) is 4.74 Å². The molecule has 0 aliphatic carbocycles. The van der Waals surface area contributed by atoms with E-state index in [2.05, 4.69) is 31.7 Å². The van der Waals surface area contributed by atoms with E-state index in [1.165, 1.54) is 5.56 Å². The van der Waals surface area contributed by atoms with Gasteiger partial charge in [0, 0.05) is 5.56 Å². The summed E-state index contributed by atoms with van der Waals surface area (Å²) in [5.41, 5.74) is 2.13. The van der Waals surface area contributed by atoms with E-state index >= 15 is 0 Å². The van der Waals surface area contributed by atoms with Gasteiger partial charge < -0.3 is 9.84 Å². The predicted molar refractivity (Wildman–Crippen MR) is 73.0 cm³/mol. The monoisotopic (exact) mass is 249 g/mol. The molecule has 1 aliphatic rings. The molecule has 0 saturated heterocycles. The molecule has 1 N–H and O–H groups in total. The van der Waals surface area contributed by atoms with Gasteiger partial charge in [0.15, 0.2) is 0 Å². The van der Waals surface area contributed by atoms with Crippen molar-refractivity contribution in [2.24, 2.45) is 0 Å². The van der Waals surface area contributed by atoms with Crippen LogP contribution in [0.2, 0.25) is 0 Å². The Balaban J connectivity index is 2.31. The third-order valence-electron chi connectivity index (χ3n) is 3.87. The summed E-state index contributed by atoms with van der Waals surface area (Å²) in [5.74, 6) is 0.899. The van der Waals surface area contributed by atoms with Crippen molar-refractivity contribution < 1.29 is 9.84 Å². The molecule has 2 unspecified atom stereocenters. The van der Waals surface area contributed by atoms with Crippen LogP contribution in [-0.2, 0) is 6.42 Å². The van der Waals surface area contributed by atoms with Crippen LogP contribution in [-0.4, -0.2) is 35.7 Å². The molecule has 3 nitrogen and oxygen atoms in total. The zero-order valence-electron chi connectivity index (χ0n) is 11.5. The van der Waals surface area contributed by atoms with Crippen molar-refractivity contribution in [1.82, 2.24) is 4.90 Å². The minimum absolute atomic E-state index is 0.0691. The normalized spacial score (nSPS) is 22.7. The summed E-state index contributed by atoms with van der Waals surface area (Å²) in [6.45, 7) is 8.80. The van der Waals surface area contributed by atoms with Gasteiger partial charge in [-0.3, -0.25) is 4.90 Å². The summed E-state index contributed by atoms with van der Waals surface area (Å²) in [5, 5.41) is 10.6. The van der Waals surface area contributed by atoms with Crippen molar-refractivity contribution >= 4 is 0 Å². The number of ether oxygens (including phenoxy) is 1. The molecule has 1 aromatic rings. The average molecular weight is 249 g/mol. The second-order valence-corrected chi connectivity index (χ2v) is 4.73. The molecule has 100 valence electrons. The Labute approximate surface area is 109 Å². The van der Waals surface area contributed by atoms with Crippen molar-refractivity contribution in [3.8, 4) is 5.75 Å². The van der Waals surface area contributed by atoms with Crippen molar-refractivity contribution in [1.29, 1.82) is 0 Å². The lowest BCUT2D eigenvalue weighted by Crippen LogP contribution is -2.45. The van der Waals surface area contributed by atoms with Crippen LogP contribution in [0, 0.1) is 0 Å². The van der Waals surface area contributed by atoms with E-state index in [0.29, 0.717) is 6.61 Å². The molecule has 0 amide bonds. The fourth-order valence-electron chi connectivity index (χ4n) is 2.76. The molecule has 18 heavy (non-hydrogen) atoms. The number of hydrogen-bond donors (Lipinski definition) is 1. The number of likely N-dealkylation sites (N-methyl/N-ethyl adjacent to an activating group) is 1. The molecule has 3 heteroatoms. The maximum absolute atomic E-state index is 10.6. The predicted octanol–water partition coefficient (Wildman–Crippen LogP) is 2.39. The highest BCUT2D eigenvalue weighted by Crippen LogP contribution is 2.36. The fraction of sp³-hybridized carbons (Fsp3) is 0.600. The van der Waals surface area contributed by atoms with Crippen LogP contribution in [0.3, 0.4) is 0 Å². The Morgan fingerprint density at radius 2 is 2.00 bits per heavy atom. The lowest BCUT2D eigenvalue weighted by molar-refractivity contribution is 0.00748. The van der Waals surface area contributed by atoms with Gasteiger partial charge in [0.05, 0.1) is 6.04 Å². The van der Waals surface area contributed by atoms with Gasteiger partial charge in [-0.2, -0.15) is 0 Å². The first-order valence-corrected chi connectivity index (χ1v) is 6.89. The molecular formula is C15H23NO2. The van der Waals surface area contributed by atoms with Crippen LogP contribution in [0.1, 0.15) is 38.0 Å². The van der Waals surface area contributed by atoms with Gasteiger partial charge >= 0.3 is 0 Å². The number of fused-ring (bicyclic) bond motifs is 1. The van der Waals surface area contributed by atoms with Crippen LogP contribution in [0.4, 0.5) is 0 Å². The maximum Gasteiger partial charge on any atom is 0.128 e. The first kappa shape index (κ1) is 13.4. The van der Waals surface area contributed by atoms with Gasteiger partial charge in [-0.1, -0.05) is 39.0 Å². The Bertz CT molecular complexity index is 401. The molecule has 0 radical (unpaired) electrons. The van der Waals surface area contributed by atoms with Gasteiger partial charge in [0.1, 0.15) is 18.5 Å². The first-order valence-electron chi connectivity index (χ1n) is 6.89. The molecular weight excluding hydrogens is 226 g/mol.